The minimum Gasteiger partial charge on any atom is -0.497 e. The third kappa shape index (κ3) is 6.61. The van der Waals surface area contributed by atoms with Gasteiger partial charge in [0.05, 0.1) is 13.2 Å². The minimum absolute atomic E-state index is 0.00111. The van der Waals surface area contributed by atoms with Crippen LogP contribution in [0, 0.1) is 0 Å². The summed E-state index contributed by atoms with van der Waals surface area (Å²) in [4.78, 5) is 14.4. The molecule has 2 amide bonds. The van der Waals surface area contributed by atoms with Crippen LogP contribution < -0.4 is 14.2 Å². The number of amides is 2. The minimum atomic E-state index is -4.00. The fourth-order valence-electron chi connectivity index (χ4n) is 3.42. The summed E-state index contributed by atoms with van der Waals surface area (Å²) in [6.07, 6.45) is 1.90. The van der Waals surface area contributed by atoms with Crippen LogP contribution in [0.5, 0.6) is 11.5 Å². The van der Waals surface area contributed by atoms with Crippen molar-refractivity contribution in [1.82, 2.24) is 10.2 Å². The Kier molecular flexibility index (Phi) is 7.98. The standard InChI is InChI=1S/C23H30N2O6S/c1-17(2)24-23(26)25(16-21-8-5-13-30-21)15-18-6-4-7-20(14-18)31-32(27,28)22-11-9-19(29-3)10-12-22/h4,6-7,9-12,14,17,21H,5,8,13,15-16H2,1-3H3,(H,24,26). The highest BCUT2D eigenvalue weighted by Gasteiger charge is 2.24. The maximum absolute atomic E-state index is 12.7. The third-order valence-corrected chi connectivity index (χ3v) is 6.23. The zero-order chi connectivity index (χ0) is 23.1. The van der Waals surface area contributed by atoms with Gasteiger partial charge < -0.3 is 23.9 Å². The summed E-state index contributed by atoms with van der Waals surface area (Å²) in [7, 11) is -2.49. The van der Waals surface area contributed by atoms with Crippen molar-refractivity contribution in [1.29, 1.82) is 0 Å². The van der Waals surface area contributed by atoms with Crippen molar-refractivity contribution < 1.29 is 26.9 Å². The highest BCUT2D eigenvalue weighted by atomic mass is 32.2. The normalized spacial score (nSPS) is 16.1. The lowest BCUT2D eigenvalue weighted by atomic mass is 10.2. The molecule has 1 aliphatic heterocycles. The average molecular weight is 463 g/mol. The Morgan fingerprint density at radius 1 is 1.19 bits per heavy atom. The van der Waals surface area contributed by atoms with Crippen LogP contribution in [0.1, 0.15) is 32.3 Å². The van der Waals surface area contributed by atoms with Crippen molar-refractivity contribution in [2.75, 3.05) is 20.3 Å². The molecule has 1 heterocycles. The molecule has 1 fully saturated rings. The Bertz CT molecular complexity index is 1000. The molecule has 0 aliphatic carbocycles. The molecular formula is C23H30N2O6S. The molecule has 2 aromatic rings. The number of methoxy groups -OCH3 is 1. The number of nitrogens with zero attached hydrogens (tertiary/aromatic N) is 1. The molecule has 1 aliphatic rings. The Balaban J connectivity index is 1.74. The van der Waals surface area contributed by atoms with Gasteiger partial charge in [-0.3, -0.25) is 0 Å². The van der Waals surface area contributed by atoms with Gasteiger partial charge in [0.25, 0.3) is 0 Å². The van der Waals surface area contributed by atoms with E-state index >= 15 is 0 Å². The van der Waals surface area contributed by atoms with E-state index in [0.717, 1.165) is 18.4 Å². The van der Waals surface area contributed by atoms with E-state index in [1.165, 1.54) is 19.2 Å². The molecular weight excluding hydrogens is 432 g/mol. The Labute approximate surface area is 189 Å². The van der Waals surface area contributed by atoms with E-state index in [-0.39, 0.29) is 28.8 Å². The highest BCUT2D eigenvalue weighted by molar-refractivity contribution is 7.87. The van der Waals surface area contributed by atoms with E-state index < -0.39 is 10.1 Å². The van der Waals surface area contributed by atoms with E-state index in [1.54, 1.807) is 35.2 Å². The van der Waals surface area contributed by atoms with Gasteiger partial charge in [-0.15, -0.1) is 0 Å². The lowest BCUT2D eigenvalue weighted by Crippen LogP contribution is -2.45. The summed E-state index contributed by atoms with van der Waals surface area (Å²) < 4.78 is 41.4. The Morgan fingerprint density at radius 3 is 2.56 bits per heavy atom. The van der Waals surface area contributed by atoms with E-state index in [4.69, 9.17) is 13.7 Å². The molecule has 0 saturated carbocycles. The largest absolute Gasteiger partial charge is 0.497 e. The number of hydrogen-bond acceptors (Lipinski definition) is 6. The molecule has 32 heavy (non-hydrogen) atoms. The van der Waals surface area contributed by atoms with Gasteiger partial charge in [-0.2, -0.15) is 8.42 Å². The van der Waals surface area contributed by atoms with Gasteiger partial charge in [-0.25, -0.2) is 4.79 Å². The second-order valence-corrected chi connectivity index (χ2v) is 9.53. The Hall–Kier alpha value is -2.78. The maximum Gasteiger partial charge on any atom is 0.339 e. The first-order valence-corrected chi connectivity index (χ1v) is 12.0. The molecule has 0 aromatic heterocycles. The first kappa shape index (κ1) is 23.9. The highest BCUT2D eigenvalue weighted by Crippen LogP contribution is 2.23. The quantitative estimate of drug-likeness (QED) is 0.573. The molecule has 9 heteroatoms. The topological polar surface area (TPSA) is 94.2 Å². The number of benzene rings is 2. The summed E-state index contributed by atoms with van der Waals surface area (Å²) in [6, 6.07) is 12.5. The molecule has 1 unspecified atom stereocenters. The zero-order valence-corrected chi connectivity index (χ0v) is 19.4. The molecule has 3 rings (SSSR count). The number of ether oxygens (including phenoxy) is 2. The van der Waals surface area contributed by atoms with Crippen LogP contribution in [0.2, 0.25) is 0 Å². The summed E-state index contributed by atoms with van der Waals surface area (Å²) in [6.45, 7) is 5.28. The van der Waals surface area contributed by atoms with Gasteiger partial charge in [0.15, 0.2) is 0 Å². The summed E-state index contributed by atoms with van der Waals surface area (Å²) in [5.41, 5.74) is 0.754. The summed E-state index contributed by atoms with van der Waals surface area (Å²) in [5, 5.41) is 2.91. The SMILES string of the molecule is COc1ccc(S(=O)(=O)Oc2cccc(CN(CC3CCCO3)C(=O)NC(C)C)c2)cc1. The second-order valence-electron chi connectivity index (χ2n) is 7.98. The molecule has 1 atom stereocenters. The van der Waals surface area contributed by atoms with Crippen LogP contribution >= 0.6 is 0 Å². The number of carbonyl (C=O) groups excluding carboxylic acids is 1. The Morgan fingerprint density at radius 2 is 1.94 bits per heavy atom. The van der Waals surface area contributed by atoms with E-state index in [2.05, 4.69) is 5.32 Å². The summed E-state index contributed by atoms with van der Waals surface area (Å²) >= 11 is 0. The van der Waals surface area contributed by atoms with Gasteiger partial charge in [0, 0.05) is 25.7 Å². The monoisotopic (exact) mass is 462 g/mol. The van der Waals surface area contributed by atoms with Crippen molar-refractivity contribution in [2.24, 2.45) is 0 Å². The third-order valence-electron chi connectivity index (χ3n) is 4.97. The fraction of sp³-hybridized carbons (Fsp3) is 0.435. The van der Waals surface area contributed by atoms with Gasteiger partial charge >= 0.3 is 16.1 Å². The molecule has 1 saturated heterocycles. The molecule has 8 nitrogen and oxygen atoms in total. The molecule has 2 aromatic carbocycles. The number of carbonyl (C=O) groups is 1. The van der Waals surface area contributed by atoms with Crippen molar-refractivity contribution in [3.05, 3.63) is 54.1 Å². The van der Waals surface area contributed by atoms with Crippen LogP contribution in [-0.4, -0.2) is 51.8 Å². The summed E-state index contributed by atoms with van der Waals surface area (Å²) in [5.74, 6) is 0.733. The predicted molar refractivity (Wildman–Crippen MR) is 120 cm³/mol. The van der Waals surface area contributed by atoms with Gasteiger partial charge in [0.2, 0.25) is 0 Å². The van der Waals surface area contributed by atoms with Gasteiger partial charge in [0.1, 0.15) is 16.4 Å². The van der Waals surface area contributed by atoms with E-state index in [9.17, 15) is 13.2 Å². The first-order valence-electron chi connectivity index (χ1n) is 10.6. The molecule has 174 valence electrons. The first-order chi connectivity index (χ1) is 15.3. The van der Waals surface area contributed by atoms with Crippen LogP contribution in [0.25, 0.3) is 0 Å². The molecule has 0 bridgehead atoms. The van der Waals surface area contributed by atoms with Crippen molar-refractivity contribution in [3.63, 3.8) is 0 Å². The van der Waals surface area contributed by atoms with Crippen molar-refractivity contribution in [2.45, 2.75) is 50.3 Å². The van der Waals surface area contributed by atoms with Gasteiger partial charge in [-0.05, 0) is 68.7 Å². The van der Waals surface area contributed by atoms with Crippen LogP contribution in [0.4, 0.5) is 4.79 Å². The lowest BCUT2D eigenvalue weighted by Gasteiger charge is -2.27. The van der Waals surface area contributed by atoms with Crippen LogP contribution in [-0.2, 0) is 21.4 Å². The average Bonchev–Trinajstić information content (AvgIpc) is 3.26. The molecule has 0 radical (unpaired) electrons. The molecule has 1 N–H and O–H groups in total. The number of urea groups is 1. The van der Waals surface area contributed by atoms with Crippen molar-refractivity contribution >= 4 is 16.1 Å². The lowest BCUT2D eigenvalue weighted by molar-refractivity contribution is 0.0791. The zero-order valence-electron chi connectivity index (χ0n) is 18.6. The fourth-order valence-corrected chi connectivity index (χ4v) is 4.35. The second kappa shape index (κ2) is 10.7. The predicted octanol–water partition coefficient (Wildman–Crippen LogP) is 3.56. The van der Waals surface area contributed by atoms with E-state index in [1.807, 2.05) is 19.9 Å². The number of nitrogens with one attached hydrogen (secondary N) is 1. The van der Waals surface area contributed by atoms with Gasteiger partial charge in [-0.1, -0.05) is 12.1 Å². The van der Waals surface area contributed by atoms with Crippen molar-refractivity contribution in [3.8, 4) is 11.5 Å². The van der Waals surface area contributed by atoms with E-state index in [0.29, 0.717) is 25.4 Å². The maximum atomic E-state index is 12.7. The number of hydrogen-bond donors (Lipinski definition) is 1. The van der Waals surface area contributed by atoms with Crippen LogP contribution in [0.3, 0.4) is 0 Å². The number of rotatable bonds is 9. The smallest absolute Gasteiger partial charge is 0.339 e. The van der Waals surface area contributed by atoms with Crippen LogP contribution in [0.15, 0.2) is 53.4 Å². The molecule has 0 spiro atoms.